The quantitative estimate of drug-likeness (QED) is 0.242. The number of aliphatic hydroxyl groups is 1. The molecule has 1 fully saturated rings. The number of amides is 1. The van der Waals surface area contributed by atoms with E-state index in [0.717, 1.165) is 28.3 Å². The SMILES string of the molecule is COc1ccc([Si](C)(C)[C@H]2[C@H](CCn3cc(CCO)nn3)O[C@@]3(C(=O)N(Cc4ccccc4)c4ccc(OC)cc43)[C@@H]2C)cc1. The Kier molecular flexibility index (Phi) is 8.56. The second-order valence-electron chi connectivity index (χ2n) is 12.7. The summed E-state index contributed by atoms with van der Waals surface area (Å²) in [4.78, 5) is 16.8. The topological polar surface area (TPSA) is 98.9 Å². The summed E-state index contributed by atoms with van der Waals surface area (Å²) in [6, 6.07) is 24.4. The fourth-order valence-electron chi connectivity index (χ4n) is 7.55. The second kappa shape index (κ2) is 12.4. The zero-order chi connectivity index (χ0) is 31.8. The van der Waals surface area contributed by atoms with E-state index in [2.05, 4.69) is 54.6 Å². The van der Waals surface area contributed by atoms with Crippen LogP contribution in [0.25, 0.3) is 0 Å². The summed E-state index contributed by atoms with van der Waals surface area (Å²) in [5.74, 6) is 1.37. The summed E-state index contributed by atoms with van der Waals surface area (Å²) in [6.07, 6.45) is 2.79. The van der Waals surface area contributed by atoms with Crippen LogP contribution in [0.2, 0.25) is 18.6 Å². The average Bonchev–Trinajstić information content (AvgIpc) is 3.70. The number of nitrogens with zero attached hydrogens (tertiary/aromatic N) is 4. The van der Waals surface area contributed by atoms with Crippen molar-refractivity contribution in [3.63, 3.8) is 0 Å². The van der Waals surface area contributed by atoms with Crippen molar-refractivity contribution in [1.29, 1.82) is 0 Å². The van der Waals surface area contributed by atoms with E-state index in [0.29, 0.717) is 31.7 Å². The molecule has 45 heavy (non-hydrogen) atoms. The van der Waals surface area contributed by atoms with Gasteiger partial charge in [0.25, 0.3) is 5.91 Å². The molecule has 2 aliphatic rings. The van der Waals surface area contributed by atoms with Gasteiger partial charge in [-0.15, -0.1) is 5.10 Å². The molecule has 4 aromatic rings. The smallest absolute Gasteiger partial charge is 0.264 e. The third-order valence-corrected chi connectivity index (χ3v) is 14.2. The molecule has 236 valence electrons. The number of aryl methyl sites for hydroxylation is 1. The average molecular weight is 627 g/mol. The summed E-state index contributed by atoms with van der Waals surface area (Å²) < 4.78 is 20.2. The minimum Gasteiger partial charge on any atom is -0.497 e. The number of ether oxygens (including phenoxy) is 3. The molecule has 10 heteroatoms. The van der Waals surface area contributed by atoms with E-state index >= 15 is 0 Å². The third-order valence-electron chi connectivity index (χ3n) is 9.82. The van der Waals surface area contributed by atoms with Crippen molar-refractivity contribution in [1.82, 2.24) is 15.0 Å². The molecule has 2 aliphatic heterocycles. The van der Waals surface area contributed by atoms with Crippen molar-refractivity contribution in [3.8, 4) is 11.5 Å². The van der Waals surface area contributed by atoms with E-state index in [9.17, 15) is 9.90 Å². The van der Waals surface area contributed by atoms with Crippen LogP contribution in [0.3, 0.4) is 0 Å². The van der Waals surface area contributed by atoms with Crippen LogP contribution in [-0.4, -0.2) is 61.0 Å². The van der Waals surface area contributed by atoms with Gasteiger partial charge in [0.2, 0.25) is 0 Å². The molecule has 3 heterocycles. The number of rotatable bonds is 11. The number of benzene rings is 3. The molecule has 1 saturated heterocycles. The van der Waals surface area contributed by atoms with Crippen LogP contribution in [0.1, 0.15) is 30.2 Å². The first kappa shape index (κ1) is 31.0. The van der Waals surface area contributed by atoms with Crippen molar-refractivity contribution in [3.05, 3.63) is 95.8 Å². The number of fused-ring (bicyclic) bond motifs is 2. The van der Waals surface area contributed by atoms with Gasteiger partial charge in [0.05, 0.1) is 46.3 Å². The lowest BCUT2D eigenvalue weighted by atomic mass is 9.82. The molecule has 6 rings (SSSR count). The van der Waals surface area contributed by atoms with Crippen molar-refractivity contribution >= 4 is 24.9 Å². The molecule has 0 radical (unpaired) electrons. The van der Waals surface area contributed by atoms with Crippen molar-refractivity contribution in [2.45, 2.75) is 63.2 Å². The summed E-state index contributed by atoms with van der Waals surface area (Å²) in [6.45, 7) is 8.03. The first-order valence-corrected chi connectivity index (χ1v) is 18.7. The first-order valence-electron chi connectivity index (χ1n) is 15.6. The molecular formula is C35H42N4O5Si. The summed E-state index contributed by atoms with van der Waals surface area (Å²) >= 11 is 0. The predicted molar refractivity (Wildman–Crippen MR) is 176 cm³/mol. The minimum atomic E-state index is -2.28. The molecule has 1 amide bonds. The van der Waals surface area contributed by atoms with E-state index in [4.69, 9.17) is 14.2 Å². The lowest BCUT2D eigenvalue weighted by Crippen LogP contribution is -2.51. The highest BCUT2D eigenvalue weighted by atomic mass is 28.3. The minimum absolute atomic E-state index is 0.0264. The zero-order valence-corrected chi connectivity index (χ0v) is 27.6. The molecule has 4 atom stereocenters. The Labute approximate surface area is 265 Å². The van der Waals surface area contributed by atoms with Crippen LogP contribution >= 0.6 is 0 Å². The molecule has 1 spiro atoms. The van der Waals surface area contributed by atoms with E-state index in [-0.39, 0.29) is 30.1 Å². The summed E-state index contributed by atoms with van der Waals surface area (Å²) in [7, 11) is 1.06. The van der Waals surface area contributed by atoms with Crippen LogP contribution in [0.5, 0.6) is 11.5 Å². The van der Waals surface area contributed by atoms with Crippen LogP contribution in [0.4, 0.5) is 5.69 Å². The lowest BCUT2D eigenvalue weighted by molar-refractivity contribution is -0.146. The highest BCUT2D eigenvalue weighted by molar-refractivity contribution is 6.91. The van der Waals surface area contributed by atoms with Gasteiger partial charge in [0.1, 0.15) is 11.5 Å². The number of hydrogen-bond donors (Lipinski definition) is 1. The maximum absolute atomic E-state index is 14.9. The summed E-state index contributed by atoms with van der Waals surface area (Å²) in [5.41, 5.74) is 2.49. The van der Waals surface area contributed by atoms with Gasteiger partial charge >= 0.3 is 0 Å². The predicted octanol–water partition coefficient (Wildman–Crippen LogP) is 4.68. The second-order valence-corrected chi connectivity index (χ2v) is 17.3. The molecule has 3 aromatic carbocycles. The maximum atomic E-state index is 14.9. The first-order chi connectivity index (χ1) is 21.7. The summed E-state index contributed by atoms with van der Waals surface area (Å²) in [5, 5.41) is 19.2. The fourth-order valence-corrected chi connectivity index (χ4v) is 11.6. The van der Waals surface area contributed by atoms with Crippen molar-refractivity contribution < 1.29 is 24.1 Å². The number of aromatic nitrogens is 3. The van der Waals surface area contributed by atoms with Gasteiger partial charge in [-0.2, -0.15) is 0 Å². The lowest BCUT2D eigenvalue weighted by Gasteiger charge is -2.37. The van der Waals surface area contributed by atoms with E-state index < -0.39 is 13.7 Å². The van der Waals surface area contributed by atoms with Gasteiger partial charge in [-0.1, -0.05) is 72.9 Å². The van der Waals surface area contributed by atoms with E-state index in [1.807, 2.05) is 64.3 Å². The van der Waals surface area contributed by atoms with Crippen LogP contribution in [-0.2, 0) is 34.6 Å². The number of hydrogen-bond acceptors (Lipinski definition) is 7. The zero-order valence-electron chi connectivity index (χ0n) is 26.6. The molecule has 1 aromatic heterocycles. The highest BCUT2D eigenvalue weighted by Gasteiger charge is 2.66. The number of carbonyl (C=O) groups is 1. The Morgan fingerprint density at radius 1 is 1.00 bits per heavy atom. The van der Waals surface area contributed by atoms with Crippen LogP contribution < -0.4 is 19.6 Å². The normalized spacial score (nSPS) is 22.7. The molecule has 0 aliphatic carbocycles. The number of aliphatic hydroxyl groups excluding tert-OH is 1. The van der Waals surface area contributed by atoms with Gasteiger partial charge in [0.15, 0.2) is 5.60 Å². The Morgan fingerprint density at radius 2 is 1.71 bits per heavy atom. The molecule has 0 bridgehead atoms. The molecule has 1 N–H and O–H groups in total. The molecule has 9 nitrogen and oxygen atoms in total. The monoisotopic (exact) mass is 626 g/mol. The van der Waals surface area contributed by atoms with E-state index in [1.54, 1.807) is 14.2 Å². The Hall–Kier alpha value is -3.99. The Balaban J connectivity index is 1.43. The van der Waals surface area contributed by atoms with Gasteiger partial charge in [-0.05, 0) is 47.9 Å². The van der Waals surface area contributed by atoms with Gasteiger partial charge in [0, 0.05) is 37.3 Å². The van der Waals surface area contributed by atoms with Crippen LogP contribution in [0, 0.1) is 5.92 Å². The molecular weight excluding hydrogens is 584 g/mol. The van der Waals surface area contributed by atoms with Gasteiger partial charge < -0.3 is 24.2 Å². The Bertz CT molecular complexity index is 1640. The third kappa shape index (κ3) is 5.45. The van der Waals surface area contributed by atoms with Crippen molar-refractivity contribution in [2.75, 3.05) is 25.7 Å². The van der Waals surface area contributed by atoms with Crippen molar-refractivity contribution in [2.24, 2.45) is 5.92 Å². The molecule has 0 unspecified atom stereocenters. The standard InChI is InChI=1S/C35H42N4O5Si/c1-24-33(45(4,5)29-14-11-27(42-2)12-15-29)32(17-19-38-23-26(18-20-40)36-37-38)44-35(24)30-21-28(43-3)13-16-31(30)39(34(35)41)22-25-9-7-6-8-10-25/h6-16,21,23-24,32-33,40H,17-20,22H2,1-5H3/t24-,32+,33-,35+/m1/s1. The number of carbonyl (C=O) groups excluding carboxylic acids is 1. The van der Waals surface area contributed by atoms with Gasteiger partial charge in [-0.3, -0.25) is 9.48 Å². The largest absolute Gasteiger partial charge is 0.497 e. The Morgan fingerprint density at radius 3 is 2.40 bits per heavy atom. The van der Waals surface area contributed by atoms with Crippen LogP contribution in [0.15, 0.2) is 79.0 Å². The maximum Gasteiger partial charge on any atom is 0.264 e. The number of anilines is 1. The van der Waals surface area contributed by atoms with Gasteiger partial charge in [-0.25, -0.2) is 0 Å². The van der Waals surface area contributed by atoms with E-state index in [1.165, 1.54) is 5.19 Å². The number of methoxy groups -OCH3 is 2. The highest BCUT2D eigenvalue weighted by Crippen LogP contribution is 2.60. The fraction of sp³-hybridized carbons (Fsp3) is 0.400. The molecule has 0 saturated carbocycles.